The van der Waals surface area contributed by atoms with Gasteiger partial charge in [0.25, 0.3) is 0 Å². The van der Waals surface area contributed by atoms with Crippen molar-refractivity contribution in [2.24, 2.45) is 5.92 Å². The summed E-state index contributed by atoms with van der Waals surface area (Å²) in [5.41, 5.74) is 0.790. The van der Waals surface area contributed by atoms with E-state index in [1.807, 2.05) is 13.8 Å². The molecule has 24 heavy (non-hydrogen) atoms. The lowest BCUT2D eigenvalue weighted by Gasteiger charge is -2.29. The lowest BCUT2D eigenvalue weighted by molar-refractivity contribution is -0.124. The number of hydrogen-bond acceptors (Lipinski definition) is 4. The van der Waals surface area contributed by atoms with Crippen molar-refractivity contribution in [1.82, 2.24) is 10.6 Å². The largest absolute Gasteiger partial charge is 0.450 e. The molecule has 132 valence electrons. The first-order valence-electron chi connectivity index (χ1n) is 8.08. The molecule has 0 fully saturated rings. The molecule has 1 heterocycles. The Balaban J connectivity index is 2.10. The number of thioether (sulfide) groups is 1. The zero-order valence-electron chi connectivity index (χ0n) is 14.1. The van der Waals surface area contributed by atoms with E-state index in [1.54, 1.807) is 24.8 Å². The van der Waals surface area contributed by atoms with E-state index in [9.17, 15) is 14.0 Å². The van der Waals surface area contributed by atoms with Gasteiger partial charge in [0, 0.05) is 10.6 Å². The van der Waals surface area contributed by atoms with Gasteiger partial charge in [-0.1, -0.05) is 13.8 Å². The molecule has 1 aromatic carbocycles. The number of ether oxygens (including phenoxy) is 1. The van der Waals surface area contributed by atoms with Crippen LogP contribution in [0.15, 0.2) is 23.1 Å². The van der Waals surface area contributed by atoms with Crippen molar-refractivity contribution >= 4 is 23.8 Å². The SMILES string of the molecule is CCOC(=O)N[C@@H](C(=O)N[C@@H]1CCSc2ccc(F)cc21)C(C)C. The quantitative estimate of drug-likeness (QED) is 0.852. The molecule has 0 spiro atoms. The first kappa shape index (κ1) is 18.6. The Kier molecular flexibility index (Phi) is 6.48. The predicted octanol–water partition coefficient (Wildman–Crippen LogP) is 3.25. The summed E-state index contributed by atoms with van der Waals surface area (Å²) >= 11 is 1.65. The Morgan fingerprint density at radius 1 is 1.42 bits per heavy atom. The van der Waals surface area contributed by atoms with Gasteiger partial charge in [-0.15, -0.1) is 11.8 Å². The van der Waals surface area contributed by atoms with Gasteiger partial charge in [0.05, 0.1) is 12.6 Å². The molecular formula is C17H23FN2O3S. The number of nitrogens with one attached hydrogen (secondary N) is 2. The minimum Gasteiger partial charge on any atom is -0.450 e. The van der Waals surface area contributed by atoms with E-state index in [0.717, 1.165) is 22.6 Å². The number of fused-ring (bicyclic) bond motifs is 1. The van der Waals surface area contributed by atoms with E-state index >= 15 is 0 Å². The van der Waals surface area contributed by atoms with Crippen LogP contribution in [0.4, 0.5) is 9.18 Å². The van der Waals surface area contributed by atoms with Gasteiger partial charge in [-0.05, 0) is 43.0 Å². The van der Waals surface area contributed by atoms with Crippen molar-refractivity contribution in [1.29, 1.82) is 0 Å². The number of benzene rings is 1. The first-order valence-corrected chi connectivity index (χ1v) is 9.06. The van der Waals surface area contributed by atoms with Gasteiger partial charge in [0.2, 0.25) is 5.91 Å². The Labute approximate surface area is 145 Å². The van der Waals surface area contributed by atoms with E-state index in [4.69, 9.17) is 4.74 Å². The Morgan fingerprint density at radius 3 is 2.83 bits per heavy atom. The van der Waals surface area contributed by atoms with Gasteiger partial charge in [0.1, 0.15) is 11.9 Å². The molecule has 1 aromatic rings. The van der Waals surface area contributed by atoms with E-state index < -0.39 is 12.1 Å². The molecule has 2 atom stereocenters. The first-order chi connectivity index (χ1) is 11.4. The highest BCUT2D eigenvalue weighted by atomic mass is 32.2. The van der Waals surface area contributed by atoms with E-state index in [1.165, 1.54) is 12.1 Å². The van der Waals surface area contributed by atoms with Crippen molar-refractivity contribution in [2.45, 2.75) is 44.2 Å². The molecule has 0 saturated heterocycles. The lowest BCUT2D eigenvalue weighted by atomic mass is 10.00. The minimum absolute atomic E-state index is 0.0978. The van der Waals surface area contributed by atoms with Crippen molar-refractivity contribution in [3.05, 3.63) is 29.6 Å². The third-order valence-electron chi connectivity index (χ3n) is 3.83. The molecule has 1 aliphatic heterocycles. The maximum absolute atomic E-state index is 13.6. The number of carbonyl (C=O) groups excluding carboxylic acids is 2. The van der Waals surface area contributed by atoms with Gasteiger partial charge in [-0.3, -0.25) is 4.79 Å². The molecule has 0 unspecified atom stereocenters. The van der Waals surface area contributed by atoms with Crippen LogP contribution >= 0.6 is 11.8 Å². The molecule has 0 aliphatic carbocycles. The van der Waals surface area contributed by atoms with E-state index in [0.29, 0.717) is 0 Å². The van der Waals surface area contributed by atoms with Gasteiger partial charge in [-0.25, -0.2) is 9.18 Å². The van der Waals surface area contributed by atoms with Crippen LogP contribution in [0, 0.1) is 11.7 Å². The van der Waals surface area contributed by atoms with Crippen molar-refractivity contribution in [3.8, 4) is 0 Å². The van der Waals surface area contributed by atoms with Gasteiger partial charge < -0.3 is 15.4 Å². The molecule has 2 N–H and O–H groups in total. The standard InChI is InChI=1S/C17H23FN2O3S/c1-4-23-17(22)20-15(10(2)3)16(21)19-13-7-8-24-14-6-5-11(18)9-12(13)14/h5-6,9-10,13,15H,4,7-8H2,1-3H3,(H,19,21)(H,20,22)/t13-,15-/m1/s1. The Bertz CT molecular complexity index is 609. The number of alkyl carbamates (subject to hydrolysis) is 1. The summed E-state index contributed by atoms with van der Waals surface area (Å²) in [6, 6.07) is 3.68. The lowest BCUT2D eigenvalue weighted by Crippen LogP contribution is -2.50. The molecule has 0 aromatic heterocycles. The summed E-state index contributed by atoms with van der Waals surface area (Å²) in [5.74, 6) is 0.145. The fourth-order valence-corrected chi connectivity index (χ4v) is 3.72. The predicted molar refractivity (Wildman–Crippen MR) is 91.4 cm³/mol. The highest BCUT2D eigenvalue weighted by Crippen LogP contribution is 2.36. The van der Waals surface area contributed by atoms with Crippen LogP contribution < -0.4 is 10.6 Å². The summed E-state index contributed by atoms with van der Waals surface area (Å²) < 4.78 is 18.4. The second-order valence-electron chi connectivity index (χ2n) is 5.97. The average molecular weight is 354 g/mol. The van der Waals surface area contributed by atoms with Crippen LogP contribution in [0.25, 0.3) is 0 Å². The normalized spacial score (nSPS) is 17.8. The second-order valence-corrected chi connectivity index (χ2v) is 7.10. The number of carbonyl (C=O) groups is 2. The fourth-order valence-electron chi connectivity index (χ4n) is 2.61. The molecule has 0 bridgehead atoms. The third-order valence-corrected chi connectivity index (χ3v) is 4.95. The number of amides is 2. The van der Waals surface area contributed by atoms with Crippen molar-refractivity contribution in [3.63, 3.8) is 0 Å². The molecule has 7 heteroatoms. The summed E-state index contributed by atoms with van der Waals surface area (Å²) in [5, 5.41) is 5.53. The van der Waals surface area contributed by atoms with Crippen LogP contribution in [0.5, 0.6) is 0 Å². The van der Waals surface area contributed by atoms with Crippen LogP contribution in [0.2, 0.25) is 0 Å². The summed E-state index contributed by atoms with van der Waals surface area (Å²) in [6.07, 6.45) is 0.105. The van der Waals surface area contributed by atoms with Gasteiger partial charge in [-0.2, -0.15) is 0 Å². The van der Waals surface area contributed by atoms with Gasteiger partial charge >= 0.3 is 6.09 Å². The molecule has 1 aliphatic rings. The smallest absolute Gasteiger partial charge is 0.407 e. The molecule has 5 nitrogen and oxygen atoms in total. The molecule has 2 rings (SSSR count). The van der Waals surface area contributed by atoms with E-state index in [-0.39, 0.29) is 30.3 Å². The highest BCUT2D eigenvalue weighted by Gasteiger charge is 2.29. The van der Waals surface area contributed by atoms with Crippen LogP contribution in [0.3, 0.4) is 0 Å². The fraction of sp³-hybridized carbons (Fsp3) is 0.529. The monoisotopic (exact) mass is 354 g/mol. The van der Waals surface area contributed by atoms with Gasteiger partial charge in [0.15, 0.2) is 0 Å². The number of hydrogen-bond donors (Lipinski definition) is 2. The topological polar surface area (TPSA) is 67.4 Å². The molecule has 0 radical (unpaired) electrons. The number of halogens is 1. The van der Waals surface area contributed by atoms with E-state index in [2.05, 4.69) is 10.6 Å². The summed E-state index contributed by atoms with van der Waals surface area (Å²) in [7, 11) is 0. The van der Waals surface area contributed by atoms with Crippen LogP contribution in [-0.2, 0) is 9.53 Å². The van der Waals surface area contributed by atoms with Crippen molar-refractivity contribution < 1.29 is 18.7 Å². The zero-order chi connectivity index (χ0) is 17.7. The molecule has 2 amide bonds. The summed E-state index contributed by atoms with van der Waals surface area (Å²) in [4.78, 5) is 25.2. The van der Waals surface area contributed by atoms with Crippen LogP contribution in [-0.4, -0.2) is 30.4 Å². The second kappa shape index (κ2) is 8.37. The highest BCUT2D eigenvalue weighted by molar-refractivity contribution is 7.99. The number of rotatable bonds is 5. The maximum atomic E-state index is 13.6. The Hall–Kier alpha value is -1.76. The molecule has 0 saturated carbocycles. The molecular weight excluding hydrogens is 331 g/mol. The van der Waals surface area contributed by atoms with Crippen molar-refractivity contribution in [2.75, 3.05) is 12.4 Å². The minimum atomic E-state index is -0.698. The average Bonchev–Trinajstić information content (AvgIpc) is 2.53. The zero-order valence-corrected chi connectivity index (χ0v) is 14.9. The maximum Gasteiger partial charge on any atom is 0.407 e. The summed E-state index contributed by atoms with van der Waals surface area (Å²) in [6.45, 7) is 5.64. The Morgan fingerprint density at radius 2 is 2.17 bits per heavy atom. The van der Waals surface area contributed by atoms with Crippen LogP contribution in [0.1, 0.15) is 38.8 Å². The third kappa shape index (κ3) is 4.63.